The largest absolute Gasteiger partial charge is 0.327 e. The lowest BCUT2D eigenvalue weighted by atomic mass is 10.1. The van der Waals surface area contributed by atoms with E-state index in [1.807, 2.05) is 24.3 Å². The van der Waals surface area contributed by atoms with Crippen molar-refractivity contribution < 1.29 is 4.79 Å². The Morgan fingerprint density at radius 2 is 1.90 bits per heavy atom. The SMILES string of the molecule is Cn1nc(C(=O)N2CCCC2c2nc3ccccc3c(=O)n2CC2CC2)ccc1=O. The minimum absolute atomic E-state index is 0.0398. The van der Waals surface area contributed by atoms with Crippen LogP contribution in [-0.4, -0.2) is 36.7 Å². The number of rotatable bonds is 4. The van der Waals surface area contributed by atoms with Gasteiger partial charge >= 0.3 is 0 Å². The number of para-hydroxylation sites is 1. The third-order valence-corrected chi connectivity index (χ3v) is 6.02. The first-order chi connectivity index (χ1) is 14.5. The summed E-state index contributed by atoms with van der Waals surface area (Å²) in [6.07, 6.45) is 3.81. The van der Waals surface area contributed by atoms with Gasteiger partial charge < -0.3 is 4.90 Å². The summed E-state index contributed by atoms with van der Waals surface area (Å²) in [5.74, 6) is 0.912. The molecule has 1 aliphatic heterocycles. The summed E-state index contributed by atoms with van der Waals surface area (Å²) in [7, 11) is 1.53. The van der Waals surface area contributed by atoms with Crippen LogP contribution in [0.5, 0.6) is 0 Å². The first kappa shape index (κ1) is 18.7. The van der Waals surface area contributed by atoms with E-state index in [0.717, 1.165) is 30.4 Å². The van der Waals surface area contributed by atoms with E-state index in [-0.39, 0.29) is 28.8 Å². The van der Waals surface area contributed by atoms with Gasteiger partial charge in [-0.25, -0.2) is 9.67 Å². The van der Waals surface area contributed by atoms with Gasteiger partial charge in [-0.15, -0.1) is 0 Å². The summed E-state index contributed by atoms with van der Waals surface area (Å²) >= 11 is 0. The van der Waals surface area contributed by atoms with Gasteiger partial charge in [0.2, 0.25) is 0 Å². The van der Waals surface area contributed by atoms with Crippen LogP contribution in [0.4, 0.5) is 0 Å². The molecule has 0 N–H and O–H groups in total. The highest BCUT2D eigenvalue weighted by Crippen LogP contribution is 2.35. The average Bonchev–Trinajstić information content (AvgIpc) is 3.44. The highest BCUT2D eigenvalue weighted by atomic mass is 16.2. The Labute approximate surface area is 172 Å². The molecule has 30 heavy (non-hydrogen) atoms. The highest BCUT2D eigenvalue weighted by Gasteiger charge is 2.36. The maximum atomic E-state index is 13.3. The fraction of sp³-hybridized carbons (Fsp3) is 0.409. The van der Waals surface area contributed by atoms with Gasteiger partial charge in [-0.3, -0.25) is 19.0 Å². The lowest BCUT2D eigenvalue weighted by Gasteiger charge is -2.26. The van der Waals surface area contributed by atoms with Crippen molar-refractivity contribution in [3.05, 3.63) is 68.6 Å². The summed E-state index contributed by atoms with van der Waals surface area (Å²) in [5.41, 5.74) is 0.575. The minimum Gasteiger partial charge on any atom is -0.327 e. The second-order valence-electron chi connectivity index (χ2n) is 8.18. The minimum atomic E-state index is -0.285. The molecule has 1 saturated carbocycles. The number of benzene rings is 1. The van der Waals surface area contributed by atoms with E-state index in [9.17, 15) is 14.4 Å². The van der Waals surface area contributed by atoms with E-state index in [4.69, 9.17) is 4.98 Å². The van der Waals surface area contributed by atoms with Crippen LogP contribution in [0.1, 0.15) is 48.0 Å². The van der Waals surface area contributed by atoms with E-state index in [1.54, 1.807) is 9.47 Å². The number of nitrogens with zero attached hydrogens (tertiary/aromatic N) is 5. The molecule has 1 aromatic carbocycles. The van der Waals surface area contributed by atoms with E-state index in [2.05, 4.69) is 5.10 Å². The molecule has 5 rings (SSSR count). The van der Waals surface area contributed by atoms with Crippen molar-refractivity contribution >= 4 is 16.8 Å². The Morgan fingerprint density at radius 1 is 1.10 bits per heavy atom. The van der Waals surface area contributed by atoms with Crippen molar-refractivity contribution in [3.8, 4) is 0 Å². The maximum absolute atomic E-state index is 13.3. The molecule has 0 spiro atoms. The molecule has 1 unspecified atom stereocenters. The van der Waals surface area contributed by atoms with Crippen molar-refractivity contribution in [2.75, 3.05) is 6.54 Å². The Morgan fingerprint density at radius 3 is 2.67 bits per heavy atom. The number of fused-ring (bicyclic) bond motifs is 1. The van der Waals surface area contributed by atoms with E-state index in [1.165, 1.54) is 19.2 Å². The summed E-state index contributed by atoms with van der Waals surface area (Å²) < 4.78 is 2.94. The Kier molecular flexibility index (Phi) is 4.49. The fourth-order valence-corrected chi connectivity index (χ4v) is 4.22. The molecule has 154 valence electrons. The van der Waals surface area contributed by atoms with Gasteiger partial charge in [0.05, 0.1) is 16.9 Å². The normalized spacial score (nSPS) is 18.8. The number of hydrogen-bond donors (Lipinski definition) is 0. The number of aryl methyl sites for hydroxylation is 1. The molecule has 2 aliphatic rings. The average molecular weight is 405 g/mol. The zero-order chi connectivity index (χ0) is 20.8. The van der Waals surface area contributed by atoms with E-state index < -0.39 is 0 Å². The van der Waals surface area contributed by atoms with Crippen molar-refractivity contribution in [2.24, 2.45) is 13.0 Å². The number of carbonyl (C=O) groups is 1. The lowest BCUT2D eigenvalue weighted by molar-refractivity contribution is 0.0717. The van der Waals surface area contributed by atoms with Gasteiger partial charge in [0.15, 0.2) is 0 Å². The molecule has 8 nitrogen and oxygen atoms in total. The zero-order valence-corrected chi connectivity index (χ0v) is 16.8. The highest BCUT2D eigenvalue weighted by molar-refractivity contribution is 5.92. The molecule has 1 saturated heterocycles. The Hall–Kier alpha value is -3.29. The number of amides is 1. The van der Waals surface area contributed by atoms with E-state index in [0.29, 0.717) is 35.7 Å². The van der Waals surface area contributed by atoms with Crippen LogP contribution in [0.2, 0.25) is 0 Å². The van der Waals surface area contributed by atoms with E-state index >= 15 is 0 Å². The molecule has 0 bridgehead atoms. The molecule has 1 atom stereocenters. The molecule has 2 fully saturated rings. The van der Waals surface area contributed by atoms with Crippen LogP contribution < -0.4 is 11.1 Å². The van der Waals surface area contributed by atoms with Gasteiger partial charge in [0.1, 0.15) is 11.5 Å². The molecule has 8 heteroatoms. The topological polar surface area (TPSA) is 90.1 Å². The summed E-state index contributed by atoms with van der Waals surface area (Å²) in [4.78, 5) is 44.7. The second-order valence-corrected chi connectivity index (χ2v) is 8.18. The van der Waals surface area contributed by atoms with Crippen LogP contribution in [0, 0.1) is 5.92 Å². The summed E-state index contributed by atoms with van der Waals surface area (Å²) in [6, 6.07) is 9.90. The van der Waals surface area contributed by atoms with Crippen LogP contribution in [-0.2, 0) is 13.6 Å². The first-order valence-electron chi connectivity index (χ1n) is 10.4. The van der Waals surface area contributed by atoms with Crippen LogP contribution >= 0.6 is 0 Å². The number of aromatic nitrogens is 4. The smallest absolute Gasteiger partial charge is 0.274 e. The van der Waals surface area contributed by atoms with Gasteiger partial charge in [-0.1, -0.05) is 12.1 Å². The quantitative estimate of drug-likeness (QED) is 0.661. The third-order valence-electron chi connectivity index (χ3n) is 6.02. The van der Waals surface area contributed by atoms with Gasteiger partial charge in [-0.05, 0) is 49.8 Å². The molecule has 1 aliphatic carbocycles. The molecule has 3 aromatic rings. The summed E-state index contributed by atoms with van der Waals surface area (Å²) in [6.45, 7) is 1.21. The van der Waals surface area contributed by atoms with Crippen molar-refractivity contribution in [3.63, 3.8) is 0 Å². The van der Waals surface area contributed by atoms with Gasteiger partial charge in [-0.2, -0.15) is 5.10 Å². The number of likely N-dealkylation sites (tertiary alicyclic amines) is 1. The summed E-state index contributed by atoms with van der Waals surface area (Å²) in [5, 5.41) is 4.73. The first-order valence-corrected chi connectivity index (χ1v) is 10.4. The van der Waals surface area contributed by atoms with Gasteiger partial charge in [0.25, 0.3) is 17.0 Å². The third kappa shape index (κ3) is 3.22. The molecule has 1 amide bonds. The molecular weight excluding hydrogens is 382 g/mol. The maximum Gasteiger partial charge on any atom is 0.274 e. The van der Waals surface area contributed by atoms with Gasteiger partial charge in [0, 0.05) is 26.2 Å². The Balaban J connectivity index is 1.59. The lowest BCUT2D eigenvalue weighted by Crippen LogP contribution is -2.37. The standard InChI is InChI=1S/C22H23N5O3/c1-25-19(28)11-10-17(24-25)22(30)26-12-4-7-18(26)20-23-16-6-3-2-5-15(16)21(29)27(20)13-14-8-9-14/h2-3,5-6,10-11,14,18H,4,7-9,12-13H2,1H3. The number of hydrogen-bond acceptors (Lipinski definition) is 5. The second kappa shape index (κ2) is 7.19. The fourth-order valence-electron chi connectivity index (χ4n) is 4.22. The van der Waals surface area contributed by atoms with Crippen molar-refractivity contribution in [1.82, 2.24) is 24.2 Å². The van der Waals surface area contributed by atoms with Crippen LogP contribution in [0.25, 0.3) is 10.9 Å². The molecule has 2 aromatic heterocycles. The Bertz CT molecular complexity index is 1260. The predicted molar refractivity (Wildman–Crippen MR) is 111 cm³/mol. The monoisotopic (exact) mass is 405 g/mol. The van der Waals surface area contributed by atoms with Crippen LogP contribution in [0.15, 0.2) is 46.0 Å². The predicted octanol–water partition coefficient (Wildman–Crippen LogP) is 1.88. The molecule has 3 heterocycles. The molecule has 0 radical (unpaired) electrons. The van der Waals surface area contributed by atoms with Crippen LogP contribution in [0.3, 0.4) is 0 Å². The van der Waals surface area contributed by atoms with Crippen molar-refractivity contribution in [2.45, 2.75) is 38.3 Å². The zero-order valence-electron chi connectivity index (χ0n) is 16.8. The van der Waals surface area contributed by atoms with Crippen molar-refractivity contribution in [1.29, 1.82) is 0 Å². The molecular formula is C22H23N5O3. The number of carbonyl (C=O) groups excluding carboxylic acids is 1.